The quantitative estimate of drug-likeness (QED) is 0.530. The molecule has 0 unspecified atom stereocenters. The van der Waals surface area contributed by atoms with Gasteiger partial charge in [0.25, 0.3) is 0 Å². The average Bonchev–Trinajstić information content (AvgIpc) is 3.09. The number of benzene rings is 2. The Hall–Kier alpha value is -1.36. The van der Waals surface area contributed by atoms with E-state index in [0.29, 0.717) is 27.5 Å². The molecule has 1 aliphatic carbocycles. The van der Waals surface area contributed by atoms with E-state index in [9.17, 15) is 0 Å². The molecule has 1 heterocycles. The fourth-order valence-corrected chi connectivity index (χ4v) is 5.33. The highest BCUT2D eigenvalue weighted by atomic mass is 79.9. The Morgan fingerprint density at radius 1 is 1.12 bits per heavy atom. The zero-order valence-electron chi connectivity index (χ0n) is 14.4. The molecule has 3 atom stereocenters. The van der Waals surface area contributed by atoms with Gasteiger partial charge in [0.2, 0.25) is 0 Å². The van der Waals surface area contributed by atoms with E-state index in [-0.39, 0.29) is 12.0 Å². The maximum Gasteiger partial charge on any atom is 0.174 e. The summed E-state index contributed by atoms with van der Waals surface area (Å²) in [6.45, 7) is 0. The fraction of sp³-hybridized carbons (Fsp3) is 0.300. The maximum absolute atomic E-state index is 6.52. The van der Waals surface area contributed by atoms with Gasteiger partial charge < -0.3 is 14.8 Å². The van der Waals surface area contributed by atoms with Gasteiger partial charge in [-0.05, 0) is 58.1 Å². The lowest BCUT2D eigenvalue weighted by atomic mass is 9.77. The van der Waals surface area contributed by atoms with E-state index in [2.05, 4.69) is 39.5 Å². The van der Waals surface area contributed by atoms with Crippen molar-refractivity contribution in [3.8, 4) is 11.5 Å². The van der Waals surface area contributed by atoms with E-state index < -0.39 is 0 Å². The molecule has 0 amide bonds. The third-order valence-corrected chi connectivity index (χ3v) is 6.31. The summed E-state index contributed by atoms with van der Waals surface area (Å²) in [5, 5.41) is 5.01. The zero-order valence-corrected chi connectivity index (χ0v) is 17.5. The van der Waals surface area contributed by atoms with Crippen LogP contribution in [0.15, 0.2) is 40.9 Å². The van der Waals surface area contributed by atoms with Crippen LogP contribution in [0.3, 0.4) is 0 Å². The van der Waals surface area contributed by atoms with E-state index in [1.165, 1.54) is 0 Å². The molecule has 0 fully saturated rings. The molecule has 0 saturated carbocycles. The Kier molecular flexibility index (Phi) is 4.84. The number of anilines is 1. The number of methoxy groups -OCH3 is 2. The number of ether oxygens (including phenoxy) is 2. The third kappa shape index (κ3) is 2.88. The van der Waals surface area contributed by atoms with Crippen molar-refractivity contribution < 1.29 is 9.47 Å². The largest absolute Gasteiger partial charge is 0.493 e. The Bertz CT molecular complexity index is 900. The van der Waals surface area contributed by atoms with Crippen LogP contribution in [0, 0.1) is 5.92 Å². The van der Waals surface area contributed by atoms with Crippen LogP contribution in [0.25, 0.3) is 0 Å². The fourth-order valence-electron chi connectivity index (χ4n) is 4.09. The van der Waals surface area contributed by atoms with Crippen LogP contribution >= 0.6 is 39.1 Å². The molecule has 26 heavy (non-hydrogen) atoms. The van der Waals surface area contributed by atoms with Gasteiger partial charge in [-0.3, -0.25) is 0 Å². The number of fused-ring (bicyclic) bond motifs is 3. The SMILES string of the molecule is COc1cc([C@@H]2Nc3cc(Cl)cc(Cl)c3[C@@H]3C=CC[C@@H]32)cc(Br)c1OC. The topological polar surface area (TPSA) is 30.5 Å². The van der Waals surface area contributed by atoms with Gasteiger partial charge >= 0.3 is 0 Å². The van der Waals surface area contributed by atoms with E-state index in [1.54, 1.807) is 14.2 Å². The van der Waals surface area contributed by atoms with Crippen LogP contribution in [0.5, 0.6) is 11.5 Å². The first-order valence-corrected chi connectivity index (χ1v) is 9.92. The van der Waals surface area contributed by atoms with Crippen molar-refractivity contribution in [2.75, 3.05) is 19.5 Å². The number of hydrogen-bond donors (Lipinski definition) is 1. The molecule has 0 bridgehead atoms. The first-order chi connectivity index (χ1) is 12.5. The predicted octanol–water partition coefficient (Wildman–Crippen LogP) is 6.60. The lowest BCUT2D eigenvalue weighted by molar-refractivity contribution is 0.351. The molecule has 2 aromatic rings. The standard InChI is InChI=1S/C20H18BrCl2NO2/c1-25-17-7-10(6-14(21)20(17)26-2)19-13-5-3-4-12(13)18-15(23)8-11(22)9-16(18)24-19/h3-4,6-9,12-13,19,24H,5H2,1-2H3/t12-,13+,19+/m1/s1. The van der Waals surface area contributed by atoms with Gasteiger partial charge in [0, 0.05) is 27.2 Å². The summed E-state index contributed by atoms with van der Waals surface area (Å²) in [6, 6.07) is 8.01. The molecular formula is C20H18BrCl2NO2. The molecule has 0 spiro atoms. The molecule has 0 aromatic heterocycles. The van der Waals surface area contributed by atoms with Crippen LogP contribution in [0.2, 0.25) is 10.0 Å². The highest BCUT2D eigenvalue weighted by Crippen LogP contribution is 2.53. The summed E-state index contributed by atoms with van der Waals surface area (Å²) < 4.78 is 11.8. The number of halogens is 3. The summed E-state index contributed by atoms with van der Waals surface area (Å²) in [4.78, 5) is 0. The van der Waals surface area contributed by atoms with E-state index in [1.807, 2.05) is 18.2 Å². The van der Waals surface area contributed by atoms with E-state index >= 15 is 0 Å². The molecule has 1 aliphatic heterocycles. The molecule has 136 valence electrons. The van der Waals surface area contributed by atoms with Crippen LogP contribution in [0.1, 0.15) is 29.5 Å². The lowest BCUT2D eigenvalue weighted by Gasteiger charge is -2.38. The predicted molar refractivity (Wildman–Crippen MR) is 110 cm³/mol. The van der Waals surface area contributed by atoms with E-state index in [0.717, 1.165) is 27.7 Å². The Balaban J connectivity index is 1.82. The number of nitrogens with one attached hydrogen (secondary N) is 1. The second kappa shape index (κ2) is 6.99. The van der Waals surface area contributed by atoms with Gasteiger partial charge in [-0.1, -0.05) is 35.4 Å². The first-order valence-electron chi connectivity index (χ1n) is 8.37. The summed E-state index contributed by atoms with van der Waals surface area (Å²) in [6.07, 6.45) is 5.49. The second-order valence-electron chi connectivity index (χ2n) is 6.56. The van der Waals surface area contributed by atoms with Crippen molar-refractivity contribution in [1.82, 2.24) is 0 Å². The maximum atomic E-state index is 6.52. The lowest BCUT2D eigenvalue weighted by Crippen LogP contribution is -2.29. The van der Waals surface area contributed by atoms with Crippen LogP contribution in [-0.2, 0) is 0 Å². The second-order valence-corrected chi connectivity index (χ2v) is 8.26. The highest BCUT2D eigenvalue weighted by molar-refractivity contribution is 9.10. The van der Waals surface area contributed by atoms with Crippen molar-refractivity contribution >= 4 is 44.8 Å². The first kappa shape index (κ1) is 18.0. The van der Waals surface area contributed by atoms with Gasteiger partial charge in [0.1, 0.15) is 0 Å². The molecule has 2 aliphatic rings. The number of allylic oxidation sites excluding steroid dienone is 2. The molecule has 6 heteroatoms. The van der Waals surface area contributed by atoms with Crippen molar-refractivity contribution in [3.05, 3.63) is 62.1 Å². The average molecular weight is 455 g/mol. The van der Waals surface area contributed by atoms with Crippen molar-refractivity contribution in [3.63, 3.8) is 0 Å². The summed E-state index contributed by atoms with van der Waals surface area (Å²) in [5.74, 6) is 2.05. The van der Waals surface area contributed by atoms with Crippen molar-refractivity contribution in [2.45, 2.75) is 18.4 Å². The van der Waals surface area contributed by atoms with Gasteiger partial charge in [0.05, 0.1) is 24.7 Å². The van der Waals surface area contributed by atoms with Crippen LogP contribution < -0.4 is 14.8 Å². The minimum Gasteiger partial charge on any atom is -0.493 e. The smallest absolute Gasteiger partial charge is 0.174 e. The van der Waals surface area contributed by atoms with Gasteiger partial charge in [-0.2, -0.15) is 0 Å². The summed E-state index contributed by atoms with van der Waals surface area (Å²) >= 11 is 16.4. The van der Waals surface area contributed by atoms with Crippen LogP contribution in [0.4, 0.5) is 5.69 Å². The van der Waals surface area contributed by atoms with Gasteiger partial charge in [-0.25, -0.2) is 0 Å². The Labute approximate surface area is 171 Å². The third-order valence-electron chi connectivity index (χ3n) is 5.19. The summed E-state index contributed by atoms with van der Waals surface area (Å²) in [7, 11) is 3.29. The molecule has 3 nitrogen and oxygen atoms in total. The molecule has 1 N–H and O–H groups in total. The highest BCUT2D eigenvalue weighted by Gasteiger charge is 2.39. The minimum absolute atomic E-state index is 0.119. The minimum atomic E-state index is 0.119. The Morgan fingerprint density at radius 3 is 2.65 bits per heavy atom. The zero-order chi connectivity index (χ0) is 18.4. The Morgan fingerprint density at radius 2 is 1.92 bits per heavy atom. The van der Waals surface area contributed by atoms with Gasteiger partial charge in [-0.15, -0.1) is 0 Å². The monoisotopic (exact) mass is 453 g/mol. The van der Waals surface area contributed by atoms with Crippen molar-refractivity contribution in [1.29, 1.82) is 0 Å². The number of rotatable bonds is 3. The van der Waals surface area contributed by atoms with Crippen LogP contribution in [-0.4, -0.2) is 14.2 Å². The normalized spacial score (nSPS) is 23.2. The molecule has 0 radical (unpaired) electrons. The van der Waals surface area contributed by atoms with Gasteiger partial charge in [0.15, 0.2) is 11.5 Å². The number of hydrogen-bond acceptors (Lipinski definition) is 3. The van der Waals surface area contributed by atoms with Crippen molar-refractivity contribution in [2.24, 2.45) is 5.92 Å². The van der Waals surface area contributed by atoms with E-state index in [4.69, 9.17) is 32.7 Å². The molecule has 4 rings (SSSR count). The summed E-state index contributed by atoms with van der Waals surface area (Å²) in [5.41, 5.74) is 3.26. The molecule has 0 saturated heterocycles. The molecular weight excluding hydrogens is 437 g/mol. The molecule has 2 aromatic carbocycles.